The van der Waals surface area contributed by atoms with Crippen LogP contribution < -0.4 is 0 Å². The largest absolute Gasteiger partial charge is 0.390 e. The Morgan fingerprint density at radius 2 is 1.87 bits per heavy atom. The number of hydrogen-bond acceptors (Lipinski definition) is 3. The van der Waals surface area contributed by atoms with Crippen molar-refractivity contribution in [3.8, 4) is 11.8 Å². The second-order valence-corrected chi connectivity index (χ2v) is 5.90. The lowest BCUT2D eigenvalue weighted by atomic mass is 9.96. The molecule has 0 spiro atoms. The fraction of sp³-hybridized carbons (Fsp3) is 0.579. The van der Waals surface area contributed by atoms with E-state index in [0.29, 0.717) is 32.5 Å². The van der Waals surface area contributed by atoms with Gasteiger partial charge in [-0.1, -0.05) is 42.2 Å². The smallest absolute Gasteiger partial charge is 0.108 e. The lowest BCUT2D eigenvalue weighted by molar-refractivity contribution is -0.0301. The minimum absolute atomic E-state index is 0.0822. The fourth-order valence-electron chi connectivity index (χ4n) is 2.53. The van der Waals surface area contributed by atoms with Crippen LogP contribution in [0, 0.1) is 11.8 Å². The summed E-state index contributed by atoms with van der Waals surface area (Å²) >= 11 is 0. The summed E-state index contributed by atoms with van der Waals surface area (Å²) in [5.41, 5.74) is 1.12. The maximum Gasteiger partial charge on any atom is 0.108 e. The van der Waals surface area contributed by atoms with Crippen molar-refractivity contribution in [2.75, 3.05) is 13.2 Å². The van der Waals surface area contributed by atoms with Gasteiger partial charge in [-0.25, -0.2) is 4.39 Å². The third kappa shape index (κ3) is 7.60. The molecule has 0 saturated heterocycles. The Hall–Kier alpha value is -1.41. The Kier molecular flexibility index (Phi) is 8.10. The molecule has 1 atom stereocenters. The van der Waals surface area contributed by atoms with Gasteiger partial charge in [-0.15, -0.1) is 0 Å². The molecule has 0 radical (unpaired) electrons. The van der Waals surface area contributed by atoms with Gasteiger partial charge < -0.3 is 14.6 Å². The van der Waals surface area contributed by atoms with Crippen molar-refractivity contribution >= 4 is 0 Å². The maximum atomic E-state index is 13.0. The molecule has 0 unspecified atom stereocenters. The molecule has 1 aliphatic carbocycles. The molecule has 0 aromatic heterocycles. The van der Waals surface area contributed by atoms with Crippen LogP contribution in [0.2, 0.25) is 0 Å². The first-order chi connectivity index (χ1) is 11.2. The van der Waals surface area contributed by atoms with Crippen LogP contribution >= 0.6 is 0 Å². The number of ether oxygens (including phenoxy) is 2. The molecule has 0 heterocycles. The summed E-state index contributed by atoms with van der Waals surface area (Å²) in [6.07, 6.45) is 1.80. The molecule has 1 aromatic rings. The van der Waals surface area contributed by atoms with E-state index in [2.05, 4.69) is 11.8 Å². The SMILES string of the molecule is O[C@@H](CC#CCOCc1ccccc1)COC1CCC(F)CC1. The van der Waals surface area contributed by atoms with E-state index in [9.17, 15) is 9.50 Å². The number of halogens is 1. The highest BCUT2D eigenvalue weighted by atomic mass is 19.1. The van der Waals surface area contributed by atoms with E-state index in [4.69, 9.17) is 9.47 Å². The van der Waals surface area contributed by atoms with E-state index in [1.165, 1.54) is 0 Å². The highest BCUT2D eigenvalue weighted by Crippen LogP contribution is 2.23. The summed E-state index contributed by atoms with van der Waals surface area (Å²) in [4.78, 5) is 0. The first-order valence-corrected chi connectivity index (χ1v) is 8.25. The topological polar surface area (TPSA) is 38.7 Å². The van der Waals surface area contributed by atoms with Gasteiger partial charge in [0.25, 0.3) is 0 Å². The van der Waals surface area contributed by atoms with Gasteiger partial charge in [0.2, 0.25) is 0 Å². The molecule has 126 valence electrons. The monoisotopic (exact) mass is 320 g/mol. The predicted molar refractivity (Wildman–Crippen MR) is 87.6 cm³/mol. The molecular formula is C19H25FO3. The van der Waals surface area contributed by atoms with Gasteiger partial charge >= 0.3 is 0 Å². The van der Waals surface area contributed by atoms with Crippen LogP contribution in [0.25, 0.3) is 0 Å². The molecule has 1 N–H and O–H groups in total. The third-order valence-electron chi connectivity index (χ3n) is 3.88. The summed E-state index contributed by atoms with van der Waals surface area (Å²) in [7, 11) is 0. The second kappa shape index (κ2) is 10.4. The molecule has 1 fully saturated rings. The summed E-state index contributed by atoms with van der Waals surface area (Å²) in [5, 5.41) is 9.82. The molecule has 2 rings (SSSR count). The van der Waals surface area contributed by atoms with Crippen molar-refractivity contribution in [1.29, 1.82) is 0 Å². The molecule has 0 aliphatic heterocycles. The first-order valence-electron chi connectivity index (χ1n) is 8.25. The number of benzene rings is 1. The van der Waals surface area contributed by atoms with Gasteiger partial charge in [-0.2, -0.15) is 0 Å². The van der Waals surface area contributed by atoms with Crippen molar-refractivity contribution in [1.82, 2.24) is 0 Å². The summed E-state index contributed by atoms with van der Waals surface area (Å²) in [6.45, 7) is 1.16. The Balaban J connectivity index is 1.52. The zero-order valence-electron chi connectivity index (χ0n) is 13.4. The highest BCUT2D eigenvalue weighted by Gasteiger charge is 2.21. The molecule has 4 heteroatoms. The summed E-state index contributed by atoms with van der Waals surface area (Å²) in [5.74, 6) is 5.79. The van der Waals surface area contributed by atoms with E-state index >= 15 is 0 Å². The average Bonchev–Trinajstić information content (AvgIpc) is 2.58. The lowest BCUT2D eigenvalue weighted by Gasteiger charge is -2.25. The molecule has 1 aromatic carbocycles. The van der Waals surface area contributed by atoms with E-state index in [-0.39, 0.29) is 12.7 Å². The zero-order chi connectivity index (χ0) is 16.3. The van der Waals surface area contributed by atoms with Crippen molar-refractivity contribution < 1.29 is 19.0 Å². The van der Waals surface area contributed by atoms with Gasteiger partial charge in [-0.3, -0.25) is 0 Å². The van der Waals surface area contributed by atoms with Crippen LogP contribution in [0.3, 0.4) is 0 Å². The van der Waals surface area contributed by atoms with Crippen molar-refractivity contribution in [2.45, 2.75) is 57.1 Å². The quantitative estimate of drug-likeness (QED) is 0.619. The molecule has 23 heavy (non-hydrogen) atoms. The highest BCUT2D eigenvalue weighted by molar-refractivity contribution is 5.13. The molecule has 0 bridgehead atoms. The predicted octanol–water partition coefficient (Wildman–Crippen LogP) is 3.25. The van der Waals surface area contributed by atoms with Gasteiger partial charge in [-0.05, 0) is 31.2 Å². The van der Waals surface area contributed by atoms with E-state index in [1.807, 2.05) is 30.3 Å². The van der Waals surface area contributed by atoms with E-state index < -0.39 is 12.3 Å². The molecular weight excluding hydrogens is 295 g/mol. The van der Waals surface area contributed by atoms with Crippen molar-refractivity contribution in [3.63, 3.8) is 0 Å². The molecule has 1 aliphatic rings. The number of aliphatic hydroxyl groups excluding tert-OH is 1. The Morgan fingerprint density at radius 1 is 1.13 bits per heavy atom. The minimum atomic E-state index is -0.679. The second-order valence-electron chi connectivity index (χ2n) is 5.90. The number of rotatable bonds is 7. The van der Waals surface area contributed by atoms with Crippen LogP contribution in [0.1, 0.15) is 37.7 Å². The fourth-order valence-corrected chi connectivity index (χ4v) is 2.53. The third-order valence-corrected chi connectivity index (χ3v) is 3.88. The first kappa shape index (κ1) is 17.9. The molecule has 3 nitrogen and oxygen atoms in total. The maximum absolute atomic E-state index is 13.0. The molecule has 1 saturated carbocycles. The van der Waals surface area contributed by atoms with Crippen LogP contribution in [0.15, 0.2) is 30.3 Å². The average molecular weight is 320 g/mol. The van der Waals surface area contributed by atoms with E-state index in [1.54, 1.807) is 0 Å². The molecule has 0 amide bonds. The standard InChI is InChI=1S/C19H25FO3/c20-17-9-11-19(12-10-17)23-15-18(21)8-4-5-13-22-14-16-6-2-1-3-7-16/h1-3,6-7,17-19,21H,8-15H2/t17?,18-,19?/m0/s1. The van der Waals surface area contributed by atoms with Crippen LogP contribution in [0.5, 0.6) is 0 Å². The Morgan fingerprint density at radius 3 is 2.61 bits per heavy atom. The van der Waals surface area contributed by atoms with Gasteiger partial charge in [0.15, 0.2) is 0 Å². The van der Waals surface area contributed by atoms with E-state index in [0.717, 1.165) is 18.4 Å². The Bertz CT molecular complexity index is 486. The number of aliphatic hydroxyl groups is 1. The number of hydrogen-bond donors (Lipinski definition) is 1. The summed E-state index contributed by atoms with van der Waals surface area (Å²) in [6, 6.07) is 9.92. The van der Waals surface area contributed by atoms with Gasteiger partial charge in [0.1, 0.15) is 12.8 Å². The zero-order valence-corrected chi connectivity index (χ0v) is 13.4. The van der Waals surface area contributed by atoms with Crippen LogP contribution in [-0.2, 0) is 16.1 Å². The minimum Gasteiger partial charge on any atom is -0.390 e. The van der Waals surface area contributed by atoms with Crippen LogP contribution in [0.4, 0.5) is 4.39 Å². The van der Waals surface area contributed by atoms with Crippen LogP contribution in [-0.4, -0.2) is 36.7 Å². The van der Waals surface area contributed by atoms with Gasteiger partial charge in [0.05, 0.1) is 25.4 Å². The van der Waals surface area contributed by atoms with Crippen molar-refractivity contribution in [2.24, 2.45) is 0 Å². The lowest BCUT2D eigenvalue weighted by Crippen LogP contribution is -2.26. The summed E-state index contributed by atoms with van der Waals surface area (Å²) < 4.78 is 24.1. The number of alkyl halides is 1. The normalized spacial score (nSPS) is 22.2. The Labute approximate surface area is 137 Å². The van der Waals surface area contributed by atoms with Crippen molar-refractivity contribution in [3.05, 3.63) is 35.9 Å². The van der Waals surface area contributed by atoms with Gasteiger partial charge in [0, 0.05) is 6.42 Å².